The first-order valence-corrected chi connectivity index (χ1v) is 6.34. The molecular formula is C12H13F2NO3S. The van der Waals surface area contributed by atoms with E-state index in [2.05, 4.69) is 5.32 Å². The number of carboxylic acids is 1. The van der Waals surface area contributed by atoms with Crippen molar-refractivity contribution in [3.05, 3.63) is 29.8 Å². The van der Waals surface area contributed by atoms with E-state index in [4.69, 9.17) is 5.11 Å². The van der Waals surface area contributed by atoms with Crippen LogP contribution in [0.2, 0.25) is 0 Å². The first-order valence-electron chi connectivity index (χ1n) is 5.46. The zero-order chi connectivity index (χ0) is 14.4. The fourth-order valence-electron chi connectivity index (χ4n) is 1.28. The van der Waals surface area contributed by atoms with Crippen LogP contribution in [0.1, 0.15) is 17.3 Å². The lowest BCUT2D eigenvalue weighted by Crippen LogP contribution is -2.31. The molecule has 2 N–H and O–H groups in total. The Bertz CT molecular complexity index is 468. The summed E-state index contributed by atoms with van der Waals surface area (Å²) < 4.78 is 24.7. The second-order valence-electron chi connectivity index (χ2n) is 3.82. The Kier molecular flexibility index (Phi) is 5.75. The minimum atomic E-state index is -2.62. The van der Waals surface area contributed by atoms with Crippen molar-refractivity contribution < 1.29 is 23.5 Å². The number of carboxylic acid groups (broad SMARTS) is 1. The van der Waals surface area contributed by atoms with Gasteiger partial charge in [0, 0.05) is 11.4 Å². The van der Waals surface area contributed by atoms with E-state index in [0.29, 0.717) is 0 Å². The Morgan fingerprint density at radius 2 is 2.00 bits per heavy atom. The standard InChI is InChI=1S/C12H13F2NO3S/c1-7(11(17)18)6-15-10(16)8-4-2-3-5-9(8)19-12(13)14/h2-5,7,12H,6H2,1H3,(H,15,16)(H,17,18). The van der Waals surface area contributed by atoms with Crippen LogP contribution in [0.25, 0.3) is 0 Å². The summed E-state index contributed by atoms with van der Waals surface area (Å²) in [6, 6.07) is 5.96. The summed E-state index contributed by atoms with van der Waals surface area (Å²) in [5.41, 5.74) is 0.116. The maximum Gasteiger partial charge on any atom is 0.308 e. The molecule has 0 heterocycles. The molecule has 1 unspecified atom stereocenters. The van der Waals surface area contributed by atoms with E-state index in [1.54, 1.807) is 12.1 Å². The topological polar surface area (TPSA) is 66.4 Å². The van der Waals surface area contributed by atoms with Gasteiger partial charge in [-0.15, -0.1) is 0 Å². The summed E-state index contributed by atoms with van der Waals surface area (Å²) in [7, 11) is 0. The normalized spacial score (nSPS) is 12.2. The summed E-state index contributed by atoms with van der Waals surface area (Å²) in [4.78, 5) is 22.6. The van der Waals surface area contributed by atoms with Crippen LogP contribution in [0, 0.1) is 5.92 Å². The molecule has 1 aromatic carbocycles. The van der Waals surface area contributed by atoms with Crippen LogP contribution in [0.15, 0.2) is 29.2 Å². The zero-order valence-corrected chi connectivity index (χ0v) is 10.9. The van der Waals surface area contributed by atoms with Crippen molar-refractivity contribution in [3.63, 3.8) is 0 Å². The van der Waals surface area contributed by atoms with E-state index in [1.807, 2.05) is 0 Å². The number of rotatable bonds is 6. The van der Waals surface area contributed by atoms with Gasteiger partial charge in [0.15, 0.2) is 0 Å². The molecule has 104 valence electrons. The highest BCUT2D eigenvalue weighted by Crippen LogP contribution is 2.28. The average Bonchev–Trinajstić information content (AvgIpc) is 2.35. The molecule has 1 atom stereocenters. The smallest absolute Gasteiger partial charge is 0.308 e. The number of carbonyl (C=O) groups excluding carboxylic acids is 1. The maximum absolute atomic E-state index is 12.3. The zero-order valence-electron chi connectivity index (χ0n) is 10.1. The second kappa shape index (κ2) is 7.08. The van der Waals surface area contributed by atoms with Crippen molar-refractivity contribution in [2.45, 2.75) is 17.6 Å². The predicted octanol–water partition coefficient (Wildman–Crippen LogP) is 2.45. The van der Waals surface area contributed by atoms with Gasteiger partial charge in [-0.05, 0) is 12.1 Å². The summed E-state index contributed by atoms with van der Waals surface area (Å²) in [6.45, 7) is 1.39. The van der Waals surface area contributed by atoms with Crippen LogP contribution in [-0.4, -0.2) is 29.3 Å². The third kappa shape index (κ3) is 4.86. The van der Waals surface area contributed by atoms with Gasteiger partial charge in [0.25, 0.3) is 11.7 Å². The van der Waals surface area contributed by atoms with Gasteiger partial charge < -0.3 is 10.4 Å². The third-order valence-electron chi connectivity index (χ3n) is 2.34. The van der Waals surface area contributed by atoms with E-state index < -0.39 is 23.6 Å². The van der Waals surface area contributed by atoms with E-state index >= 15 is 0 Å². The summed E-state index contributed by atoms with van der Waals surface area (Å²) in [6.07, 6.45) is 0. The van der Waals surface area contributed by atoms with Crippen molar-refractivity contribution >= 4 is 23.6 Å². The fraction of sp³-hybridized carbons (Fsp3) is 0.333. The Balaban J connectivity index is 2.74. The summed E-state index contributed by atoms with van der Waals surface area (Å²) >= 11 is 0.283. The van der Waals surface area contributed by atoms with Gasteiger partial charge >= 0.3 is 5.97 Å². The molecule has 0 aliphatic rings. The van der Waals surface area contributed by atoms with Gasteiger partial charge in [0.1, 0.15) is 0 Å². The first-order chi connectivity index (χ1) is 8.91. The predicted molar refractivity (Wildman–Crippen MR) is 67.4 cm³/mol. The minimum absolute atomic E-state index is 0.0537. The first kappa shape index (κ1) is 15.4. The fourth-order valence-corrected chi connectivity index (χ4v) is 1.92. The number of aliphatic carboxylic acids is 1. The molecule has 1 aromatic rings. The number of benzene rings is 1. The van der Waals surface area contributed by atoms with Crippen molar-refractivity contribution in [2.75, 3.05) is 6.54 Å². The van der Waals surface area contributed by atoms with E-state index in [-0.39, 0.29) is 28.8 Å². The highest BCUT2D eigenvalue weighted by atomic mass is 32.2. The molecule has 0 saturated heterocycles. The summed E-state index contributed by atoms with van der Waals surface area (Å²) in [5, 5.41) is 11.1. The molecule has 0 spiro atoms. The lowest BCUT2D eigenvalue weighted by Gasteiger charge is -2.11. The number of amides is 1. The second-order valence-corrected chi connectivity index (χ2v) is 4.86. The quantitative estimate of drug-likeness (QED) is 0.789. The molecule has 1 amide bonds. The van der Waals surface area contributed by atoms with Gasteiger partial charge in [-0.25, -0.2) is 0 Å². The van der Waals surface area contributed by atoms with Gasteiger partial charge in [0.2, 0.25) is 0 Å². The Morgan fingerprint density at radius 3 is 2.58 bits per heavy atom. The molecule has 19 heavy (non-hydrogen) atoms. The monoisotopic (exact) mass is 289 g/mol. The number of hydrogen-bond acceptors (Lipinski definition) is 3. The molecule has 0 radical (unpaired) electrons. The minimum Gasteiger partial charge on any atom is -0.481 e. The largest absolute Gasteiger partial charge is 0.481 e. The van der Waals surface area contributed by atoms with Gasteiger partial charge in [-0.3, -0.25) is 9.59 Å². The molecule has 1 rings (SSSR count). The molecule has 0 bridgehead atoms. The number of nitrogens with one attached hydrogen (secondary N) is 1. The van der Waals surface area contributed by atoms with Gasteiger partial charge in [-0.1, -0.05) is 30.8 Å². The molecule has 7 heteroatoms. The van der Waals surface area contributed by atoms with Crippen LogP contribution in [-0.2, 0) is 4.79 Å². The number of hydrogen-bond donors (Lipinski definition) is 2. The SMILES string of the molecule is CC(CNC(=O)c1ccccc1SC(F)F)C(=O)O. The Hall–Kier alpha value is -1.63. The molecule has 0 saturated carbocycles. The van der Waals surface area contributed by atoms with Crippen LogP contribution < -0.4 is 5.32 Å². The van der Waals surface area contributed by atoms with Crippen LogP contribution >= 0.6 is 11.8 Å². The van der Waals surface area contributed by atoms with Gasteiger partial charge in [0.05, 0.1) is 11.5 Å². The van der Waals surface area contributed by atoms with Crippen molar-refractivity contribution in [1.82, 2.24) is 5.32 Å². The lowest BCUT2D eigenvalue weighted by molar-refractivity contribution is -0.140. The van der Waals surface area contributed by atoms with E-state index in [9.17, 15) is 18.4 Å². The molecule has 0 aliphatic carbocycles. The number of carbonyl (C=O) groups is 2. The van der Waals surface area contributed by atoms with Gasteiger partial charge in [-0.2, -0.15) is 8.78 Å². The van der Waals surface area contributed by atoms with Crippen LogP contribution in [0.5, 0.6) is 0 Å². The molecular weight excluding hydrogens is 276 g/mol. The highest BCUT2D eigenvalue weighted by molar-refractivity contribution is 7.99. The number of alkyl halides is 2. The van der Waals surface area contributed by atoms with E-state index in [0.717, 1.165) is 0 Å². The molecule has 0 aromatic heterocycles. The van der Waals surface area contributed by atoms with Crippen LogP contribution in [0.4, 0.5) is 8.78 Å². The van der Waals surface area contributed by atoms with Crippen molar-refractivity contribution in [3.8, 4) is 0 Å². The van der Waals surface area contributed by atoms with Crippen LogP contribution in [0.3, 0.4) is 0 Å². The summed E-state index contributed by atoms with van der Waals surface area (Å²) in [5.74, 6) is -4.95. The Morgan fingerprint density at radius 1 is 1.37 bits per heavy atom. The molecule has 0 fully saturated rings. The Labute approximate surface area is 113 Å². The average molecular weight is 289 g/mol. The number of thioether (sulfide) groups is 1. The molecule has 0 aliphatic heterocycles. The molecule has 4 nitrogen and oxygen atoms in total. The maximum atomic E-state index is 12.3. The highest BCUT2D eigenvalue weighted by Gasteiger charge is 2.17. The van der Waals surface area contributed by atoms with E-state index in [1.165, 1.54) is 19.1 Å². The number of halogens is 2. The van der Waals surface area contributed by atoms with Crippen molar-refractivity contribution in [1.29, 1.82) is 0 Å². The lowest BCUT2D eigenvalue weighted by atomic mass is 10.1. The van der Waals surface area contributed by atoms with Crippen molar-refractivity contribution in [2.24, 2.45) is 5.92 Å². The third-order valence-corrected chi connectivity index (χ3v) is 3.13.